The van der Waals surface area contributed by atoms with Crippen LogP contribution in [0.3, 0.4) is 0 Å². The number of rotatable bonds is 4. The lowest BCUT2D eigenvalue weighted by Crippen LogP contribution is -1.95. The van der Waals surface area contributed by atoms with E-state index in [2.05, 4.69) is 30.3 Å². The minimum absolute atomic E-state index is 0.828. The highest BCUT2D eigenvalue weighted by Gasteiger charge is 2.28. The topological polar surface area (TPSA) is 4.93 Å². The second-order valence-electron chi connectivity index (χ2n) is 3.84. The van der Waals surface area contributed by atoms with E-state index >= 15 is 0 Å². The molecule has 1 fully saturated rings. The summed E-state index contributed by atoms with van der Waals surface area (Å²) >= 11 is 0. The van der Waals surface area contributed by atoms with Crippen LogP contribution in [0.15, 0.2) is 18.8 Å². The third-order valence-corrected chi connectivity index (χ3v) is 2.72. The van der Waals surface area contributed by atoms with Crippen molar-refractivity contribution in [2.75, 3.05) is 0 Å². The van der Waals surface area contributed by atoms with Gasteiger partial charge >= 0.3 is 0 Å². The Hall–Kier alpha value is -0.980. The first-order valence-electron chi connectivity index (χ1n) is 5.19. The van der Waals surface area contributed by atoms with Crippen LogP contribution >= 0.6 is 0 Å². The van der Waals surface area contributed by atoms with Crippen molar-refractivity contribution in [3.05, 3.63) is 30.1 Å². The maximum atomic E-state index is 3.84. The first-order valence-corrected chi connectivity index (χ1v) is 5.19. The van der Waals surface area contributed by atoms with E-state index in [-0.39, 0.29) is 0 Å². The van der Waals surface area contributed by atoms with Gasteiger partial charge in [-0.25, -0.2) is 0 Å². The van der Waals surface area contributed by atoms with Gasteiger partial charge in [0.05, 0.1) is 0 Å². The summed E-state index contributed by atoms with van der Waals surface area (Å²) in [6.45, 7) is 6.08. The Kier molecular flexibility index (Phi) is 2.26. The molecular formula is C12H17N. The molecule has 0 N–H and O–H groups in total. The molecule has 0 aliphatic heterocycles. The van der Waals surface area contributed by atoms with Crippen LogP contribution in [0.1, 0.15) is 43.4 Å². The Labute approximate surface area is 80.1 Å². The van der Waals surface area contributed by atoms with Gasteiger partial charge in [0, 0.05) is 18.1 Å². The van der Waals surface area contributed by atoms with E-state index in [9.17, 15) is 0 Å². The number of aryl methyl sites for hydroxylation is 1. The molecule has 0 radical (unpaired) electrons. The van der Waals surface area contributed by atoms with Crippen molar-refractivity contribution in [3.8, 4) is 0 Å². The average Bonchev–Trinajstić information content (AvgIpc) is 2.89. The minimum Gasteiger partial charge on any atom is -0.328 e. The molecule has 1 aromatic heterocycles. The van der Waals surface area contributed by atoms with Crippen LogP contribution in [0.4, 0.5) is 0 Å². The second kappa shape index (κ2) is 3.41. The van der Waals surface area contributed by atoms with Crippen molar-refractivity contribution < 1.29 is 0 Å². The van der Waals surface area contributed by atoms with Crippen LogP contribution in [0, 0.1) is 0 Å². The van der Waals surface area contributed by atoms with Gasteiger partial charge in [0.2, 0.25) is 0 Å². The van der Waals surface area contributed by atoms with E-state index < -0.39 is 0 Å². The molecule has 13 heavy (non-hydrogen) atoms. The van der Waals surface area contributed by atoms with Crippen LogP contribution < -0.4 is 0 Å². The van der Waals surface area contributed by atoms with Gasteiger partial charge < -0.3 is 4.57 Å². The van der Waals surface area contributed by atoms with E-state index in [0.717, 1.165) is 5.92 Å². The monoisotopic (exact) mass is 175 g/mol. The number of nitrogens with zero attached hydrogens (tertiary/aromatic N) is 1. The molecular weight excluding hydrogens is 158 g/mol. The van der Waals surface area contributed by atoms with Crippen LogP contribution in [0.2, 0.25) is 0 Å². The second-order valence-corrected chi connectivity index (χ2v) is 3.84. The van der Waals surface area contributed by atoms with Gasteiger partial charge in [-0.2, -0.15) is 0 Å². The van der Waals surface area contributed by atoms with Gasteiger partial charge in [0.15, 0.2) is 0 Å². The summed E-state index contributed by atoms with van der Waals surface area (Å²) in [5, 5.41) is 0. The summed E-state index contributed by atoms with van der Waals surface area (Å²) in [6, 6.07) is 2.25. The number of aromatic nitrogens is 1. The third kappa shape index (κ3) is 1.55. The van der Waals surface area contributed by atoms with Gasteiger partial charge in [-0.3, -0.25) is 0 Å². The van der Waals surface area contributed by atoms with E-state index in [1.165, 1.54) is 36.9 Å². The molecule has 0 amide bonds. The highest BCUT2D eigenvalue weighted by atomic mass is 15.0. The van der Waals surface area contributed by atoms with Crippen molar-refractivity contribution in [1.82, 2.24) is 4.57 Å². The number of hydrogen-bond donors (Lipinski definition) is 0. The largest absolute Gasteiger partial charge is 0.328 e. The Bertz CT molecular complexity index is 305. The molecule has 2 rings (SSSR count). The highest BCUT2D eigenvalue weighted by molar-refractivity contribution is 5.36. The maximum Gasteiger partial charge on any atom is 0.0283 e. The molecule has 1 heterocycles. The number of hydrogen-bond acceptors (Lipinski definition) is 0. The average molecular weight is 175 g/mol. The van der Waals surface area contributed by atoms with Gasteiger partial charge in [-0.15, -0.1) is 0 Å². The fourth-order valence-corrected chi connectivity index (χ4v) is 1.97. The summed E-state index contributed by atoms with van der Waals surface area (Å²) in [4.78, 5) is 0. The molecule has 0 bridgehead atoms. The van der Waals surface area contributed by atoms with Gasteiger partial charge in [0.25, 0.3) is 0 Å². The lowest BCUT2D eigenvalue weighted by molar-refractivity contribution is 0.872. The molecule has 1 saturated carbocycles. The molecule has 0 saturated heterocycles. The zero-order valence-corrected chi connectivity index (χ0v) is 8.29. The van der Waals surface area contributed by atoms with E-state index in [1.54, 1.807) is 0 Å². The fourth-order valence-electron chi connectivity index (χ4n) is 1.97. The SMILES string of the molecule is C=Cn1ccc(CCC)c1C1CC1. The molecule has 1 nitrogen and oxygen atoms in total. The van der Waals surface area contributed by atoms with Crippen molar-refractivity contribution in [1.29, 1.82) is 0 Å². The van der Waals surface area contributed by atoms with Crippen molar-refractivity contribution >= 4 is 6.20 Å². The lowest BCUT2D eigenvalue weighted by Gasteiger charge is -2.05. The summed E-state index contributed by atoms with van der Waals surface area (Å²) in [5.74, 6) is 0.828. The molecule has 0 aromatic carbocycles. The predicted octanol–water partition coefficient (Wildman–Crippen LogP) is 3.42. The highest BCUT2D eigenvalue weighted by Crippen LogP contribution is 2.42. The summed E-state index contributed by atoms with van der Waals surface area (Å²) in [7, 11) is 0. The van der Waals surface area contributed by atoms with E-state index in [1.807, 2.05) is 6.20 Å². The van der Waals surface area contributed by atoms with Crippen molar-refractivity contribution in [3.63, 3.8) is 0 Å². The van der Waals surface area contributed by atoms with Gasteiger partial charge in [0.1, 0.15) is 0 Å². The minimum atomic E-state index is 0.828. The summed E-state index contributed by atoms with van der Waals surface area (Å²) < 4.78 is 2.20. The van der Waals surface area contributed by atoms with E-state index in [4.69, 9.17) is 0 Å². The van der Waals surface area contributed by atoms with Gasteiger partial charge in [-0.1, -0.05) is 19.9 Å². The van der Waals surface area contributed by atoms with Crippen LogP contribution in [-0.2, 0) is 6.42 Å². The fraction of sp³-hybridized carbons (Fsp3) is 0.500. The normalized spacial score (nSPS) is 16.1. The zero-order chi connectivity index (χ0) is 9.26. The smallest absolute Gasteiger partial charge is 0.0283 e. The van der Waals surface area contributed by atoms with Gasteiger partial charge in [-0.05, 0) is 36.8 Å². The molecule has 1 aliphatic rings. The van der Waals surface area contributed by atoms with Crippen molar-refractivity contribution in [2.45, 2.75) is 38.5 Å². The van der Waals surface area contributed by atoms with Crippen LogP contribution in [0.5, 0.6) is 0 Å². The van der Waals surface area contributed by atoms with Crippen molar-refractivity contribution in [2.24, 2.45) is 0 Å². The third-order valence-electron chi connectivity index (χ3n) is 2.72. The first kappa shape index (κ1) is 8.61. The Morgan fingerprint density at radius 1 is 1.62 bits per heavy atom. The first-order chi connectivity index (χ1) is 6.36. The summed E-state index contributed by atoms with van der Waals surface area (Å²) in [5.41, 5.74) is 3.06. The molecule has 1 aliphatic carbocycles. The lowest BCUT2D eigenvalue weighted by atomic mass is 10.1. The predicted molar refractivity (Wildman–Crippen MR) is 56.8 cm³/mol. The molecule has 70 valence electrons. The Morgan fingerprint density at radius 3 is 2.92 bits per heavy atom. The zero-order valence-electron chi connectivity index (χ0n) is 8.29. The summed E-state index contributed by atoms with van der Waals surface area (Å²) in [6.07, 6.45) is 9.26. The maximum absolute atomic E-state index is 3.84. The Morgan fingerprint density at radius 2 is 2.38 bits per heavy atom. The standard InChI is InChI=1S/C12H17N/c1-3-5-10-8-9-13(4-2)12(10)11-6-7-11/h4,8-9,11H,2-3,5-7H2,1H3. The molecule has 1 heteroatoms. The molecule has 1 aromatic rings. The van der Waals surface area contributed by atoms with Crippen LogP contribution in [0.25, 0.3) is 6.20 Å². The van der Waals surface area contributed by atoms with E-state index in [0.29, 0.717) is 0 Å². The quantitative estimate of drug-likeness (QED) is 0.660. The van der Waals surface area contributed by atoms with Crippen LogP contribution in [-0.4, -0.2) is 4.57 Å². The molecule has 0 spiro atoms. The Balaban J connectivity index is 2.32. The molecule has 0 unspecified atom stereocenters. The molecule has 0 atom stereocenters.